The summed E-state index contributed by atoms with van der Waals surface area (Å²) >= 11 is 0. The largest absolute Gasteiger partial charge is 0.382 e. The van der Waals surface area contributed by atoms with E-state index in [1.54, 1.807) is 7.11 Å². The molecule has 0 rings (SSSR count). The van der Waals surface area contributed by atoms with Crippen LogP contribution < -0.4 is 5.32 Å². The Kier molecular flexibility index (Phi) is 8.72. The van der Waals surface area contributed by atoms with Crippen LogP contribution >= 0.6 is 0 Å². The highest BCUT2D eigenvalue weighted by Gasteiger charge is 2.07. The third-order valence-corrected chi connectivity index (χ3v) is 2.53. The third-order valence-electron chi connectivity index (χ3n) is 2.53. The monoisotopic (exact) mass is 197 g/mol. The maximum Gasteiger partial charge on any atom is 0.0543 e. The first-order valence-corrected chi connectivity index (χ1v) is 5.34. The number of hydrogen-bond acceptors (Lipinski definition) is 2. The molecule has 0 saturated heterocycles. The van der Waals surface area contributed by atoms with E-state index >= 15 is 0 Å². The molecule has 0 fully saturated rings. The van der Waals surface area contributed by atoms with Gasteiger partial charge < -0.3 is 10.1 Å². The molecule has 82 valence electrons. The summed E-state index contributed by atoms with van der Waals surface area (Å²) in [7, 11) is 3.78. The molecule has 0 radical (unpaired) electrons. The Bertz CT molecular complexity index is 180. The lowest BCUT2D eigenvalue weighted by Gasteiger charge is -2.17. The van der Waals surface area contributed by atoms with E-state index in [2.05, 4.69) is 24.1 Å². The van der Waals surface area contributed by atoms with Crippen molar-refractivity contribution >= 4 is 0 Å². The maximum atomic E-state index is 5.21. The molecule has 0 aliphatic rings. The van der Waals surface area contributed by atoms with Crippen LogP contribution in [0.25, 0.3) is 0 Å². The van der Waals surface area contributed by atoms with Crippen LogP contribution in [0.15, 0.2) is 0 Å². The first-order valence-electron chi connectivity index (χ1n) is 5.34. The summed E-state index contributed by atoms with van der Waals surface area (Å²) in [5.41, 5.74) is 0. The average molecular weight is 197 g/mol. The van der Waals surface area contributed by atoms with Crippen LogP contribution in [0.2, 0.25) is 0 Å². The van der Waals surface area contributed by atoms with Gasteiger partial charge in [-0.1, -0.05) is 0 Å². The van der Waals surface area contributed by atoms with Gasteiger partial charge >= 0.3 is 0 Å². The second-order valence-electron chi connectivity index (χ2n) is 3.57. The number of methoxy groups -OCH3 is 1. The first-order chi connectivity index (χ1) is 6.74. The van der Waals surface area contributed by atoms with Crippen molar-refractivity contribution in [1.29, 1.82) is 0 Å². The topological polar surface area (TPSA) is 21.3 Å². The lowest BCUT2D eigenvalue weighted by molar-refractivity contribution is 0.106. The minimum absolute atomic E-state index is 0.364. The van der Waals surface area contributed by atoms with Gasteiger partial charge in [0.1, 0.15) is 0 Å². The van der Waals surface area contributed by atoms with Gasteiger partial charge in [-0.2, -0.15) is 0 Å². The average Bonchev–Trinajstić information content (AvgIpc) is 2.22. The maximum absolute atomic E-state index is 5.21. The number of nitrogens with one attached hydrogen (secondary N) is 1. The van der Waals surface area contributed by atoms with E-state index in [4.69, 9.17) is 4.74 Å². The molecule has 2 atom stereocenters. The highest BCUT2D eigenvalue weighted by Crippen LogP contribution is 2.08. The van der Waals surface area contributed by atoms with Crippen molar-refractivity contribution in [2.45, 2.75) is 51.7 Å². The van der Waals surface area contributed by atoms with Gasteiger partial charge in [0, 0.05) is 19.6 Å². The lowest BCUT2D eigenvalue weighted by Crippen LogP contribution is -2.26. The molecule has 2 heteroatoms. The Morgan fingerprint density at radius 2 is 2.00 bits per heavy atom. The standard InChI is InChI=1S/C12H23NO/c1-5-6-7-8-12(13-3)10-9-11(2)14-4/h11-13H,7-10H2,1-4H3. The molecule has 1 N–H and O–H groups in total. The molecule has 0 bridgehead atoms. The van der Waals surface area contributed by atoms with Crippen molar-refractivity contribution in [3.8, 4) is 11.8 Å². The minimum Gasteiger partial charge on any atom is -0.382 e. The third kappa shape index (κ3) is 6.94. The highest BCUT2D eigenvalue weighted by molar-refractivity contribution is 4.95. The molecule has 0 aliphatic carbocycles. The van der Waals surface area contributed by atoms with E-state index in [1.165, 1.54) is 0 Å². The summed E-state index contributed by atoms with van der Waals surface area (Å²) < 4.78 is 5.21. The van der Waals surface area contributed by atoms with Gasteiger partial charge in [0.15, 0.2) is 0 Å². The fourth-order valence-electron chi connectivity index (χ4n) is 1.36. The fraction of sp³-hybridized carbons (Fsp3) is 0.833. The smallest absolute Gasteiger partial charge is 0.0543 e. The van der Waals surface area contributed by atoms with Crippen molar-refractivity contribution in [2.75, 3.05) is 14.2 Å². The van der Waals surface area contributed by atoms with Gasteiger partial charge in [-0.25, -0.2) is 0 Å². The predicted octanol–water partition coefficient (Wildman–Crippen LogP) is 2.19. The summed E-state index contributed by atoms with van der Waals surface area (Å²) in [4.78, 5) is 0. The Hall–Kier alpha value is -0.520. The molecule has 0 saturated carbocycles. The van der Waals surface area contributed by atoms with Gasteiger partial charge in [-0.3, -0.25) is 0 Å². The van der Waals surface area contributed by atoms with E-state index in [-0.39, 0.29) is 0 Å². The van der Waals surface area contributed by atoms with E-state index in [1.807, 2.05) is 14.0 Å². The van der Waals surface area contributed by atoms with Gasteiger partial charge in [0.2, 0.25) is 0 Å². The van der Waals surface area contributed by atoms with E-state index < -0.39 is 0 Å². The van der Waals surface area contributed by atoms with Crippen LogP contribution in [0.1, 0.15) is 39.5 Å². The molecule has 0 heterocycles. The number of rotatable bonds is 7. The lowest BCUT2D eigenvalue weighted by atomic mass is 10.0. The fourth-order valence-corrected chi connectivity index (χ4v) is 1.36. The first kappa shape index (κ1) is 13.5. The van der Waals surface area contributed by atoms with Crippen LogP contribution in [0.5, 0.6) is 0 Å². The molecule has 14 heavy (non-hydrogen) atoms. The summed E-state index contributed by atoms with van der Waals surface area (Å²) in [5.74, 6) is 6.01. The quantitative estimate of drug-likeness (QED) is 0.632. The minimum atomic E-state index is 0.364. The molecule has 0 aliphatic heterocycles. The molecule has 2 unspecified atom stereocenters. The van der Waals surface area contributed by atoms with Crippen molar-refractivity contribution < 1.29 is 4.74 Å². The normalized spacial score (nSPS) is 14.3. The van der Waals surface area contributed by atoms with Gasteiger partial charge in [-0.15, -0.1) is 11.8 Å². The van der Waals surface area contributed by atoms with Gasteiger partial charge in [-0.05, 0) is 40.2 Å². The Labute approximate surface area is 88.4 Å². The van der Waals surface area contributed by atoms with Crippen molar-refractivity contribution in [1.82, 2.24) is 5.32 Å². The summed E-state index contributed by atoms with van der Waals surface area (Å²) in [5, 5.41) is 3.32. The van der Waals surface area contributed by atoms with Gasteiger partial charge in [0.05, 0.1) is 6.10 Å². The molecular weight excluding hydrogens is 174 g/mol. The van der Waals surface area contributed by atoms with Crippen LogP contribution in [-0.2, 0) is 4.74 Å². The Balaban J connectivity index is 3.60. The summed E-state index contributed by atoms with van der Waals surface area (Å²) in [6.07, 6.45) is 4.76. The Morgan fingerprint density at radius 3 is 2.50 bits per heavy atom. The van der Waals surface area contributed by atoms with E-state index in [0.717, 1.165) is 25.7 Å². The summed E-state index contributed by atoms with van der Waals surface area (Å²) in [6, 6.07) is 0.577. The highest BCUT2D eigenvalue weighted by atomic mass is 16.5. The van der Waals surface area contributed by atoms with Crippen molar-refractivity contribution in [2.24, 2.45) is 0 Å². The van der Waals surface area contributed by atoms with E-state index in [9.17, 15) is 0 Å². The molecule has 0 amide bonds. The van der Waals surface area contributed by atoms with Gasteiger partial charge in [0.25, 0.3) is 0 Å². The van der Waals surface area contributed by atoms with Crippen LogP contribution in [0.3, 0.4) is 0 Å². The summed E-state index contributed by atoms with van der Waals surface area (Å²) in [6.45, 7) is 4.00. The van der Waals surface area contributed by atoms with Crippen LogP contribution in [0, 0.1) is 11.8 Å². The molecule has 0 aromatic carbocycles. The number of hydrogen-bond donors (Lipinski definition) is 1. The zero-order chi connectivity index (χ0) is 10.8. The molecule has 0 aromatic rings. The second-order valence-corrected chi connectivity index (χ2v) is 3.57. The SMILES string of the molecule is CC#CCCC(CCC(C)OC)NC. The molecule has 0 aromatic heterocycles. The number of ether oxygens (including phenoxy) is 1. The molecular formula is C12H23NO. The van der Waals surface area contributed by atoms with Crippen LogP contribution in [-0.4, -0.2) is 26.3 Å². The predicted molar refractivity (Wildman–Crippen MR) is 61.2 cm³/mol. The Morgan fingerprint density at radius 1 is 1.29 bits per heavy atom. The van der Waals surface area contributed by atoms with Crippen molar-refractivity contribution in [3.05, 3.63) is 0 Å². The molecule has 0 spiro atoms. The zero-order valence-corrected chi connectivity index (χ0v) is 9.89. The molecule has 2 nitrogen and oxygen atoms in total. The van der Waals surface area contributed by atoms with Crippen molar-refractivity contribution in [3.63, 3.8) is 0 Å². The second kappa shape index (κ2) is 9.05. The zero-order valence-electron chi connectivity index (χ0n) is 9.89. The van der Waals surface area contributed by atoms with Crippen LogP contribution in [0.4, 0.5) is 0 Å². The van der Waals surface area contributed by atoms with E-state index in [0.29, 0.717) is 12.1 Å².